The van der Waals surface area contributed by atoms with Crippen molar-refractivity contribution in [2.24, 2.45) is 0 Å². The molecule has 2 rings (SSSR count). The van der Waals surface area contributed by atoms with Crippen LogP contribution in [0.15, 0.2) is 39.4 Å². The van der Waals surface area contributed by atoms with Crippen LogP contribution in [0, 0.1) is 6.92 Å². The Labute approximate surface area is 115 Å². The van der Waals surface area contributed by atoms with Crippen LogP contribution in [-0.4, -0.2) is 12.2 Å². The number of aliphatic hydroxyl groups excluding tert-OH is 1. The lowest BCUT2D eigenvalue weighted by Crippen LogP contribution is -2.02. The van der Waals surface area contributed by atoms with Gasteiger partial charge in [0.25, 0.3) is 0 Å². The van der Waals surface area contributed by atoms with Crippen LogP contribution in [0.1, 0.15) is 23.0 Å². The topological polar surface area (TPSA) is 42.6 Å². The number of halogens is 1. The molecule has 0 bridgehead atoms. The highest BCUT2D eigenvalue weighted by Gasteiger charge is 2.14. The molecule has 0 saturated heterocycles. The molecule has 0 fully saturated rings. The predicted molar refractivity (Wildman–Crippen MR) is 72.8 cm³/mol. The molecule has 0 aliphatic heterocycles. The smallest absolute Gasteiger partial charge is 0.133 e. The van der Waals surface area contributed by atoms with E-state index in [4.69, 9.17) is 9.15 Å². The zero-order valence-corrected chi connectivity index (χ0v) is 11.9. The van der Waals surface area contributed by atoms with Crippen LogP contribution >= 0.6 is 15.9 Å². The van der Waals surface area contributed by atoms with Gasteiger partial charge in [-0.05, 0) is 46.6 Å². The molecule has 1 aromatic carbocycles. The third-order valence-electron chi connectivity index (χ3n) is 2.90. The van der Waals surface area contributed by atoms with E-state index in [1.54, 1.807) is 19.4 Å². The number of hydrogen-bond acceptors (Lipinski definition) is 3. The van der Waals surface area contributed by atoms with E-state index in [-0.39, 0.29) is 0 Å². The number of rotatable bonds is 4. The van der Waals surface area contributed by atoms with Crippen LogP contribution in [0.2, 0.25) is 0 Å². The van der Waals surface area contributed by atoms with Gasteiger partial charge >= 0.3 is 0 Å². The van der Waals surface area contributed by atoms with Gasteiger partial charge in [-0.15, -0.1) is 0 Å². The first-order valence-electron chi connectivity index (χ1n) is 5.66. The maximum absolute atomic E-state index is 10.2. The highest BCUT2D eigenvalue weighted by molar-refractivity contribution is 9.10. The molecule has 1 unspecified atom stereocenters. The Balaban J connectivity index is 2.15. The molecule has 3 nitrogen and oxygen atoms in total. The van der Waals surface area contributed by atoms with Gasteiger partial charge in [-0.25, -0.2) is 0 Å². The fourth-order valence-electron chi connectivity index (χ4n) is 1.91. The molecule has 0 spiro atoms. The summed E-state index contributed by atoms with van der Waals surface area (Å²) in [6.45, 7) is 1.85. The normalized spacial score (nSPS) is 12.4. The van der Waals surface area contributed by atoms with Gasteiger partial charge < -0.3 is 14.3 Å². The summed E-state index contributed by atoms with van der Waals surface area (Å²) in [7, 11) is 1.63. The summed E-state index contributed by atoms with van der Waals surface area (Å²) in [5.41, 5.74) is 1.87. The third-order valence-corrected chi connectivity index (χ3v) is 3.52. The van der Waals surface area contributed by atoms with E-state index < -0.39 is 6.10 Å². The van der Waals surface area contributed by atoms with Gasteiger partial charge in [-0.2, -0.15) is 0 Å². The molecule has 1 N–H and O–H groups in total. The molecule has 96 valence electrons. The summed E-state index contributed by atoms with van der Waals surface area (Å²) >= 11 is 3.44. The Hall–Kier alpha value is -1.26. The van der Waals surface area contributed by atoms with E-state index in [0.717, 1.165) is 27.1 Å². The van der Waals surface area contributed by atoms with Gasteiger partial charge in [0, 0.05) is 12.0 Å². The summed E-state index contributed by atoms with van der Waals surface area (Å²) in [6.07, 6.45) is 1.59. The second-order valence-electron chi connectivity index (χ2n) is 4.12. The molecule has 1 atom stereocenters. The van der Waals surface area contributed by atoms with Crippen molar-refractivity contribution < 1.29 is 14.3 Å². The van der Waals surface area contributed by atoms with Crippen molar-refractivity contribution >= 4 is 15.9 Å². The van der Waals surface area contributed by atoms with Gasteiger partial charge in [0.05, 0.1) is 23.9 Å². The number of aliphatic hydroxyl groups is 1. The van der Waals surface area contributed by atoms with Crippen molar-refractivity contribution in [2.75, 3.05) is 7.11 Å². The maximum atomic E-state index is 10.2. The number of hydrogen-bond donors (Lipinski definition) is 1. The number of furan rings is 1. The fourth-order valence-corrected chi connectivity index (χ4v) is 2.50. The highest BCUT2D eigenvalue weighted by atomic mass is 79.9. The number of aryl methyl sites for hydroxylation is 1. The van der Waals surface area contributed by atoms with Crippen molar-refractivity contribution in [3.8, 4) is 5.75 Å². The minimum atomic E-state index is -0.552. The van der Waals surface area contributed by atoms with E-state index in [1.165, 1.54) is 0 Å². The average Bonchev–Trinajstić information content (AvgIpc) is 2.76. The predicted octanol–water partition coefficient (Wildman–Crippen LogP) is 3.64. The van der Waals surface area contributed by atoms with Gasteiger partial charge in [0.15, 0.2) is 0 Å². The SMILES string of the molecule is COc1ccc(CC(O)c2ccoc2C)cc1Br. The molecule has 1 aromatic heterocycles. The van der Waals surface area contributed by atoms with E-state index >= 15 is 0 Å². The lowest BCUT2D eigenvalue weighted by molar-refractivity contribution is 0.176. The lowest BCUT2D eigenvalue weighted by Gasteiger charge is -2.11. The van der Waals surface area contributed by atoms with E-state index in [0.29, 0.717) is 6.42 Å². The molecule has 2 aromatic rings. The van der Waals surface area contributed by atoms with Crippen LogP contribution in [0.25, 0.3) is 0 Å². The summed E-state index contributed by atoms with van der Waals surface area (Å²) in [4.78, 5) is 0. The molecule has 4 heteroatoms. The minimum Gasteiger partial charge on any atom is -0.496 e. The van der Waals surface area contributed by atoms with Crippen LogP contribution in [0.4, 0.5) is 0 Å². The molecular weight excluding hydrogens is 296 g/mol. The Morgan fingerprint density at radius 2 is 2.17 bits per heavy atom. The molecule has 0 aliphatic carbocycles. The Bertz CT molecular complexity index is 534. The van der Waals surface area contributed by atoms with E-state index in [1.807, 2.05) is 25.1 Å². The second-order valence-corrected chi connectivity index (χ2v) is 4.98. The van der Waals surface area contributed by atoms with Gasteiger partial charge in [-0.1, -0.05) is 6.07 Å². The summed E-state index contributed by atoms with van der Waals surface area (Å²) in [5, 5.41) is 10.2. The third kappa shape index (κ3) is 2.76. The van der Waals surface area contributed by atoms with Crippen LogP contribution in [-0.2, 0) is 6.42 Å². The maximum Gasteiger partial charge on any atom is 0.133 e. The molecule has 0 amide bonds. The molecule has 0 aliphatic rings. The largest absolute Gasteiger partial charge is 0.496 e. The van der Waals surface area contributed by atoms with Crippen LogP contribution in [0.3, 0.4) is 0 Å². The van der Waals surface area contributed by atoms with Gasteiger partial charge in [0.1, 0.15) is 11.5 Å². The summed E-state index contributed by atoms with van der Waals surface area (Å²) in [5.74, 6) is 1.54. The van der Waals surface area contributed by atoms with Crippen molar-refractivity contribution in [1.82, 2.24) is 0 Å². The minimum absolute atomic E-state index is 0.545. The van der Waals surface area contributed by atoms with E-state index in [9.17, 15) is 5.11 Å². The number of ether oxygens (including phenoxy) is 1. The number of methoxy groups -OCH3 is 1. The molecule has 0 saturated carbocycles. The Kier molecular flexibility index (Phi) is 4.09. The first-order valence-corrected chi connectivity index (χ1v) is 6.45. The monoisotopic (exact) mass is 310 g/mol. The van der Waals surface area contributed by atoms with Crippen molar-refractivity contribution in [3.63, 3.8) is 0 Å². The summed E-state index contributed by atoms with van der Waals surface area (Å²) < 4.78 is 11.3. The van der Waals surface area contributed by atoms with Crippen molar-refractivity contribution in [1.29, 1.82) is 0 Å². The second kappa shape index (κ2) is 5.59. The van der Waals surface area contributed by atoms with E-state index in [2.05, 4.69) is 15.9 Å². The molecule has 1 heterocycles. The highest BCUT2D eigenvalue weighted by Crippen LogP contribution is 2.28. The van der Waals surface area contributed by atoms with Gasteiger partial charge in [0.2, 0.25) is 0 Å². The zero-order valence-electron chi connectivity index (χ0n) is 10.3. The van der Waals surface area contributed by atoms with Crippen LogP contribution < -0.4 is 4.74 Å². The van der Waals surface area contributed by atoms with Gasteiger partial charge in [-0.3, -0.25) is 0 Å². The first-order chi connectivity index (χ1) is 8.61. The van der Waals surface area contributed by atoms with Crippen LogP contribution in [0.5, 0.6) is 5.75 Å². The Morgan fingerprint density at radius 1 is 1.39 bits per heavy atom. The van der Waals surface area contributed by atoms with Crippen molar-refractivity contribution in [3.05, 3.63) is 51.9 Å². The lowest BCUT2D eigenvalue weighted by atomic mass is 10.0. The quantitative estimate of drug-likeness (QED) is 0.937. The number of benzene rings is 1. The first kappa shape index (κ1) is 13.2. The fraction of sp³-hybridized carbons (Fsp3) is 0.286. The molecule has 0 radical (unpaired) electrons. The molecule has 18 heavy (non-hydrogen) atoms. The van der Waals surface area contributed by atoms with Crippen molar-refractivity contribution in [2.45, 2.75) is 19.4 Å². The average molecular weight is 311 g/mol. The zero-order chi connectivity index (χ0) is 13.1. The summed E-state index contributed by atoms with van der Waals surface area (Å²) in [6, 6.07) is 7.59. The Morgan fingerprint density at radius 3 is 2.72 bits per heavy atom. The molecular formula is C14H15BrO3. The standard InChI is InChI=1S/C14H15BrO3/c1-9-11(5-6-18-9)13(16)8-10-3-4-14(17-2)12(15)7-10/h3-7,13,16H,8H2,1-2H3.